The van der Waals surface area contributed by atoms with E-state index in [2.05, 4.69) is 19.2 Å². The molecule has 116 valence electrons. The summed E-state index contributed by atoms with van der Waals surface area (Å²) >= 11 is 0. The Morgan fingerprint density at radius 1 is 1.48 bits per heavy atom. The average molecular weight is 292 g/mol. The number of rotatable bonds is 5. The largest absolute Gasteiger partial charge is 0.508 e. The Hall–Kier alpha value is -1.59. The molecule has 0 heterocycles. The number of aromatic hydroxyl groups is 1. The first kappa shape index (κ1) is 15.8. The molecule has 21 heavy (non-hydrogen) atoms. The predicted octanol–water partition coefficient (Wildman–Crippen LogP) is 1.19. The molecule has 3 unspecified atom stereocenters. The molecular formula is C16H24N2O3. The molecular weight excluding hydrogens is 268 g/mol. The number of phenolic OH excluding ortho intramolecular Hbond substituents is 1. The highest BCUT2D eigenvalue weighted by Gasteiger charge is 2.49. The number of phenols is 1. The molecule has 1 aromatic rings. The van der Waals surface area contributed by atoms with Gasteiger partial charge in [-0.1, -0.05) is 26.0 Å². The first-order valence-corrected chi connectivity index (χ1v) is 7.21. The third-order valence-electron chi connectivity index (χ3n) is 4.51. The summed E-state index contributed by atoms with van der Waals surface area (Å²) in [6.07, 6.45) is 1.45. The molecule has 0 aliphatic heterocycles. The summed E-state index contributed by atoms with van der Waals surface area (Å²) in [4.78, 5) is 12.2. The Morgan fingerprint density at radius 2 is 2.10 bits per heavy atom. The van der Waals surface area contributed by atoms with Crippen LogP contribution in [0.4, 0.5) is 0 Å². The highest BCUT2D eigenvalue weighted by molar-refractivity contribution is 5.82. The Kier molecular flexibility index (Phi) is 4.54. The number of nitrogens with one attached hydrogen (secondary N) is 1. The van der Waals surface area contributed by atoms with E-state index in [1.54, 1.807) is 31.4 Å². The molecule has 1 saturated carbocycles. The quantitative estimate of drug-likeness (QED) is 0.761. The number of benzene rings is 1. The molecule has 5 nitrogen and oxygen atoms in total. The van der Waals surface area contributed by atoms with Crippen molar-refractivity contribution in [2.45, 2.75) is 44.9 Å². The van der Waals surface area contributed by atoms with Gasteiger partial charge < -0.3 is 20.9 Å². The molecule has 0 radical (unpaired) electrons. The molecule has 1 aliphatic carbocycles. The second-order valence-corrected chi connectivity index (χ2v) is 6.32. The summed E-state index contributed by atoms with van der Waals surface area (Å²) in [5.74, 6) is 0.0642. The normalized spacial score (nSPS) is 25.0. The summed E-state index contributed by atoms with van der Waals surface area (Å²) in [5.41, 5.74) is 6.83. The van der Waals surface area contributed by atoms with E-state index < -0.39 is 6.04 Å². The molecule has 3 atom stereocenters. The second-order valence-electron chi connectivity index (χ2n) is 6.32. The second kappa shape index (κ2) is 6.03. The fourth-order valence-electron chi connectivity index (χ4n) is 2.79. The van der Waals surface area contributed by atoms with Gasteiger partial charge in [0, 0.05) is 18.6 Å². The lowest BCUT2D eigenvalue weighted by Gasteiger charge is -2.51. The fourth-order valence-corrected chi connectivity index (χ4v) is 2.79. The van der Waals surface area contributed by atoms with Crippen LogP contribution in [-0.2, 0) is 16.0 Å². The van der Waals surface area contributed by atoms with E-state index in [0.717, 1.165) is 12.0 Å². The monoisotopic (exact) mass is 292 g/mol. The minimum atomic E-state index is -0.591. The molecule has 4 N–H and O–H groups in total. The lowest BCUT2D eigenvalue weighted by atomic mass is 9.64. The van der Waals surface area contributed by atoms with Crippen molar-refractivity contribution in [3.8, 4) is 5.75 Å². The molecule has 1 fully saturated rings. The van der Waals surface area contributed by atoms with E-state index in [1.165, 1.54) is 0 Å². The van der Waals surface area contributed by atoms with Gasteiger partial charge >= 0.3 is 0 Å². The zero-order valence-corrected chi connectivity index (χ0v) is 12.8. The number of methoxy groups -OCH3 is 1. The standard InChI is InChI=1S/C16H24N2O3/c1-16(2)13(9-14(16)21-3)18-15(20)12(17)8-10-4-6-11(19)7-5-10/h4-7,12-14,19H,8-9,17H2,1-3H3,(H,18,20). The number of hydrogen-bond acceptors (Lipinski definition) is 4. The smallest absolute Gasteiger partial charge is 0.237 e. The third-order valence-corrected chi connectivity index (χ3v) is 4.51. The van der Waals surface area contributed by atoms with Gasteiger partial charge in [-0.15, -0.1) is 0 Å². The molecule has 0 bridgehead atoms. The van der Waals surface area contributed by atoms with Gasteiger partial charge in [-0.2, -0.15) is 0 Å². The SMILES string of the molecule is COC1CC(NC(=O)C(N)Cc2ccc(O)cc2)C1(C)C. The van der Waals surface area contributed by atoms with Gasteiger partial charge in [0.1, 0.15) is 5.75 Å². The van der Waals surface area contributed by atoms with Gasteiger partial charge in [-0.3, -0.25) is 4.79 Å². The maximum Gasteiger partial charge on any atom is 0.237 e. The average Bonchev–Trinajstić information content (AvgIpc) is 2.45. The van der Waals surface area contributed by atoms with Crippen molar-refractivity contribution in [2.24, 2.45) is 11.1 Å². The Bertz CT molecular complexity index is 499. The van der Waals surface area contributed by atoms with Gasteiger partial charge in [0.25, 0.3) is 0 Å². The highest BCUT2D eigenvalue weighted by atomic mass is 16.5. The summed E-state index contributed by atoms with van der Waals surface area (Å²) in [6, 6.07) is 6.25. The maximum absolute atomic E-state index is 12.2. The lowest BCUT2D eigenvalue weighted by molar-refractivity contribution is -0.133. The van der Waals surface area contributed by atoms with Gasteiger partial charge in [0.2, 0.25) is 5.91 Å². The van der Waals surface area contributed by atoms with Gasteiger partial charge in [0.05, 0.1) is 12.1 Å². The van der Waals surface area contributed by atoms with Crippen LogP contribution in [0.1, 0.15) is 25.8 Å². The topological polar surface area (TPSA) is 84.6 Å². The van der Waals surface area contributed by atoms with Crippen molar-refractivity contribution in [2.75, 3.05) is 7.11 Å². The van der Waals surface area contributed by atoms with E-state index >= 15 is 0 Å². The molecule has 0 spiro atoms. The molecule has 0 saturated heterocycles. The van der Waals surface area contributed by atoms with E-state index in [9.17, 15) is 9.90 Å². The van der Waals surface area contributed by atoms with Crippen LogP contribution >= 0.6 is 0 Å². The summed E-state index contributed by atoms with van der Waals surface area (Å²) < 4.78 is 5.37. The minimum absolute atomic E-state index is 0.0668. The van der Waals surface area contributed by atoms with Gasteiger partial charge in [-0.25, -0.2) is 0 Å². The fraction of sp³-hybridized carbons (Fsp3) is 0.562. The first-order valence-electron chi connectivity index (χ1n) is 7.21. The van der Waals surface area contributed by atoms with E-state index in [4.69, 9.17) is 10.5 Å². The van der Waals surface area contributed by atoms with Gasteiger partial charge in [0.15, 0.2) is 0 Å². The van der Waals surface area contributed by atoms with Crippen LogP contribution in [0.3, 0.4) is 0 Å². The Labute approximate surface area is 125 Å². The van der Waals surface area contributed by atoms with Gasteiger partial charge in [-0.05, 0) is 30.5 Å². The third kappa shape index (κ3) is 3.36. The molecule has 1 aliphatic rings. The van der Waals surface area contributed by atoms with Crippen LogP contribution in [0.2, 0.25) is 0 Å². The van der Waals surface area contributed by atoms with Crippen molar-refractivity contribution in [3.63, 3.8) is 0 Å². The van der Waals surface area contributed by atoms with E-state index in [0.29, 0.717) is 6.42 Å². The minimum Gasteiger partial charge on any atom is -0.508 e. The van der Waals surface area contributed by atoms with Crippen molar-refractivity contribution in [1.82, 2.24) is 5.32 Å². The van der Waals surface area contributed by atoms with E-state index in [-0.39, 0.29) is 29.2 Å². The predicted molar refractivity (Wildman–Crippen MR) is 80.9 cm³/mol. The van der Waals surface area contributed by atoms with Crippen molar-refractivity contribution in [1.29, 1.82) is 0 Å². The molecule has 1 aromatic carbocycles. The maximum atomic E-state index is 12.2. The first-order chi connectivity index (χ1) is 9.84. The van der Waals surface area contributed by atoms with Crippen LogP contribution in [0.15, 0.2) is 24.3 Å². The van der Waals surface area contributed by atoms with Crippen LogP contribution in [0.25, 0.3) is 0 Å². The van der Waals surface area contributed by atoms with Crippen molar-refractivity contribution < 1.29 is 14.6 Å². The Morgan fingerprint density at radius 3 is 2.62 bits per heavy atom. The van der Waals surface area contributed by atoms with Crippen LogP contribution in [-0.4, -0.2) is 36.3 Å². The summed E-state index contributed by atoms with van der Waals surface area (Å²) in [6.45, 7) is 4.17. The van der Waals surface area contributed by atoms with Crippen LogP contribution < -0.4 is 11.1 Å². The van der Waals surface area contributed by atoms with Crippen LogP contribution in [0.5, 0.6) is 5.75 Å². The number of amides is 1. The number of carbonyl (C=O) groups excluding carboxylic acids is 1. The number of ether oxygens (including phenoxy) is 1. The zero-order valence-electron chi connectivity index (χ0n) is 12.8. The summed E-state index contributed by atoms with van der Waals surface area (Å²) in [7, 11) is 1.70. The molecule has 5 heteroatoms. The zero-order chi connectivity index (χ0) is 15.6. The Balaban J connectivity index is 1.87. The number of hydrogen-bond donors (Lipinski definition) is 3. The van der Waals surface area contributed by atoms with E-state index in [1.807, 2.05) is 0 Å². The molecule has 0 aromatic heterocycles. The van der Waals surface area contributed by atoms with Crippen molar-refractivity contribution >= 4 is 5.91 Å². The van der Waals surface area contributed by atoms with Crippen LogP contribution in [0, 0.1) is 5.41 Å². The highest BCUT2D eigenvalue weighted by Crippen LogP contribution is 2.42. The number of carbonyl (C=O) groups is 1. The molecule has 1 amide bonds. The number of nitrogens with two attached hydrogens (primary N) is 1. The molecule has 2 rings (SSSR count). The van der Waals surface area contributed by atoms with Crippen molar-refractivity contribution in [3.05, 3.63) is 29.8 Å². The summed E-state index contributed by atoms with van der Waals surface area (Å²) in [5, 5.41) is 12.3. The lowest BCUT2D eigenvalue weighted by Crippen LogP contribution is -2.63.